The second-order valence-electron chi connectivity index (χ2n) is 3.44. The Morgan fingerprint density at radius 2 is 2.12 bits per heavy atom. The van der Waals surface area contributed by atoms with E-state index in [-0.39, 0.29) is 16.4 Å². The van der Waals surface area contributed by atoms with E-state index < -0.39 is 0 Å². The van der Waals surface area contributed by atoms with Crippen LogP contribution in [0.3, 0.4) is 0 Å². The molecule has 1 atom stereocenters. The number of benzene rings is 1. The van der Waals surface area contributed by atoms with E-state index in [0.717, 1.165) is 20.5 Å². The fourth-order valence-electron chi connectivity index (χ4n) is 1.87. The van der Waals surface area contributed by atoms with E-state index >= 15 is 0 Å². The first-order chi connectivity index (χ1) is 7.70. The van der Waals surface area contributed by atoms with Gasteiger partial charge in [-0.15, -0.1) is 0 Å². The number of ether oxygens (including phenoxy) is 1. The SMILES string of the molecule is COC(=O)c1c(C)c2ccccc2[s+]1CCl. The normalized spacial score (nSPS) is 11.8. The summed E-state index contributed by atoms with van der Waals surface area (Å²) >= 11 is 5.97. The lowest BCUT2D eigenvalue weighted by molar-refractivity contribution is 0.0605. The van der Waals surface area contributed by atoms with Crippen LogP contribution < -0.4 is 0 Å². The number of esters is 1. The average Bonchev–Trinajstić information content (AvgIpc) is 2.62. The highest BCUT2D eigenvalue weighted by atomic mass is 35.5. The molecule has 2 aromatic rings. The van der Waals surface area contributed by atoms with Crippen molar-refractivity contribution in [3.8, 4) is 0 Å². The number of alkyl halides is 1. The maximum Gasteiger partial charge on any atom is 0.391 e. The summed E-state index contributed by atoms with van der Waals surface area (Å²) in [5, 5.41) is 1.55. The van der Waals surface area contributed by atoms with Crippen LogP contribution in [0.2, 0.25) is 0 Å². The molecule has 0 bridgehead atoms. The zero-order chi connectivity index (χ0) is 11.7. The molecule has 0 aliphatic carbocycles. The Labute approximate surface area is 102 Å². The van der Waals surface area contributed by atoms with Gasteiger partial charge in [-0.05, 0) is 19.1 Å². The molecule has 4 heteroatoms. The van der Waals surface area contributed by atoms with Crippen molar-refractivity contribution >= 4 is 38.1 Å². The molecule has 84 valence electrons. The Kier molecular flexibility index (Phi) is 3.17. The van der Waals surface area contributed by atoms with Crippen LogP contribution in [-0.4, -0.2) is 13.1 Å². The highest BCUT2D eigenvalue weighted by Crippen LogP contribution is 2.41. The summed E-state index contributed by atoms with van der Waals surface area (Å²) in [7, 11) is 1.07. The molecule has 16 heavy (non-hydrogen) atoms. The number of aryl methyl sites for hydroxylation is 1. The van der Waals surface area contributed by atoms with Gasteiger partial charge in [0.2, 0.25) is 5.21 Å². The van der Waals surface area contributed by atoms with Gasteiger partial charge in [0.15, 0.2) is 4.70 Å². The highest BCUT2D eigenvalue weighted by Gasteiger charge is 2.30. The monoisotopic (exact) mass is 255 g/mol. The molecule has 0 radical (unpaired) electrons. The van der Waals surface area contributed by atoms with Gasteiger partial charge >= 0.3 is 5.97 Å². The fraction of sp³-hybridized carbons (Fsp3) is 0.250. The minimum Gasteiger partial charge on any atom is -0.462 e. The number of rotatable bonds is 2. The molecule has 0 aliphatic rings. The second-order valence-corrected chi connectivity index (χ2v) is 5.94. The first-order valence-corrected chi connectivity index (χ1v) is 6.79. The average molecular weight is 256 g/mol. The van der Waals surface area contributed by atoms with E-state index in [1.807, 2.05) is 31.2 Å². The molecule has 1 aromatic carbocycles. The number of halogens is 1. The van der Waals surface area contributed by atoms with Crippen LogP contribution in [0.25, 0.3) is 10.1 Å². The first-order valence-electron chi connectivity index (χ1n) is 4.86. The number of fused-ring (bicyclic) bond motifs is 1. The van der Waals surface area contributed by atoms with Gasteiger partial charge in [0.05, 0.1) is 7.11 Å². The predicted octanol–water partition coefficient (Wildman–Crippen LogP) is 3.88. The van der Waals surface area contributed by atoms with E-state index in [4.69, 9.17) is 16.3 Å². The van der Waals surface area contributed by atoms with Gasteiger partial charge in [0.25, 0.3) is 4.88 Å². The molecular formula is C12H12ClO2S+. The summed E-state index contributed by atoms with van der Waals surface area (Å²) in [5.74, 6) is -0.266. The minimum absolute atomic E-state index is 0.266. The topological polar surface area (TPSA) is 26.3 Å². The van der Waals surface area contributed by atoms with E-state index in [9.17, 15) is 4.79 Å². The molecule has 0 amide bonds. The van der Waals surface area contributed by atoms with E-state index in [2.05, 4.69) is 0 Å². The van der Waals surface area contributed by atoms with Crippen LogP contribution >= 0.6 is 22.1 Å². The van der Waals surface area contributed by atoms with Gasteiger partial charge in [-0.25, -0.2) is 4.79 Å². The van der Waals surface area contributed by atoms with Gasteiger partial charge in [-0.1, -0.05) is 23.7 Å². The molecule has 0 fully saturated rings. The molecule has 0 aliphatic heterocycles. The van der Waals surface area contributed by atoms with Crippen LogP contribution in [-0.2, 0) is 9.95 Å². The number of methoxy groups -OCH3 is 1. The second kappa shape index (κ2) is 4.44. The van der Waals surface area contributed by atoms with Crippen LogP contribution in [0.1, 0.15) is 15.2 Å². The number of hydrogen-bond donors (Lipinski definition) is 0. The smallest absolute Gasteiger partial charge is 0.391 e. The van der Waals surface area contributed by atoms with Crippen molar-refractivity contribution in [2.24, 2.45) is 0 Å². The lowest BCUT2D eigenvalue weighted by Crippen LogP contribution is -2.01. The summed E-state index contributed by atoms with van der Waals surface area (Å²) < 4.78 is 5.97. The number of hydrogen-bond acceptors (Lipinski definition) is 2. The van der Waals surface area contributed by atoms with Crippen molar-refractivity contribution in [2.75, 3.05) is 7.11 Å². The van der Waals surface area contributed by atoms with E-state index in [1.54, 1.807) is 0 Å². The third-order valence-electron chi connectivity index (χ3n) is 2.62. The zero-order valence-electron chi connectivity index (χ0n) is 9.12. The molecule has 1 aromatic heterocycles. The highest BCUT2D eigenvalue weighted by molar-refractivity contribution is 7.40. The quantitative estimate of drug-likeness (QED) is 0.462. The van der Waals surface area contributed by atoms with Crippen molar-refractivity contribution in [1.82, 2.24) is 0 Å². The summed E-state index contributed by atoms with van der Waals surface area (Å²) in [5.41, 5.74) is 0.992. The van der Waals surface area contributed by atoms with Crippen molar-refractivity contribution in [3.05, 3.63) is 34.7 Å². The van der Waals surface area contributed by atoms with E-state index in [0.29, 0.717) is 5.21 Å². The largest absolute Gasteiger partial charge is 0.462 e. The van der Waals surface area contributed by atoms with Crippen LogP contribution in [0.4, 0.5) is 0 Å². The van der Waals surface area contributed by atoms with Gasteiger partial charge < -0.3 is 4.74 Å². The molecule has 0 N–H and O–H groups in total. The number of thiophene rings is 1. The third kappa shape index (κ3) is 1.60. The number of carbonyl (C=O) groups excluding carboxylic acids is 1. The molecule has 1 unspecified atom stereocenters. The third-order valence-corrected chi connectivity index (χ3v) is 5.35. The Hall–Kier alpha value is -1.06. The van der Waals surface area contributed by atoms with Crippen molar-refractivity contribution in [1.29, 1.82) is 0 Å². The molecule has 0 spiro atoms. The molecule has 0 saturated carbocycles. The maximum atomic E-state index is 11.7. The summed E-state index contributed by atoms with van der Waals surface area (Å²) in [6, 6.07) is 7.99. The van der Waals surface area contributed by atoms with Gasteiger partial charge in [0, 0.05) is 21.4 Å². The van der Waals surface area contributed by atoms with Crippen LogP contribution in [0.5, 0.6) is 0 Å². The lowest BCUT2D eigenvalue weighted by Gasteiger charge is -1.93. The summed E-state index contributed by atoms with van der Waals surface area (Å²) in [6.45, 7) is 1.95. The molecule has 2 nitrogen and oxygen atoms in total. The van der Waals surface area contributed by atoms with Crippen LogP contribution in [0, 0.1) is 6.92 Å². The van der Waals surface area contributed by atoms with Gasteiger partial charge in [-0.2, -0.15) is 0 Å². The van der Waals surface area contributed by atoms with E-state index in [1.165, 1.54) is 7.11 Å². The first kappa shape index (κ1) is 11.4. The molecular weight excluding hydrogens is 244 g/mol. The molecule has 1 heterocycles. The van der Waals surface area contributed by atoms with Crippen molar-refractivity contribution in [3.63, 3.8) is 0 Å². The fourth-order valence-corrected chi connectivity index (χ4v) is 4.49. The van der Waals surface area contributed by atoms with Crippen LogP contribution in [0.15, 0.2) is 24.3 Å². The van der Waals surface area contributed by atoms with Gasteiger partial charge in [-0.3, -0.25) is 0 Å². The maximum absolute atomic E-state index is 11.7. The predicted molar refractivity (Wildman–Crippen MR) is 68.4 cm³/mol. The zero-order valence-corrected chi connectivity index (χ0v) is 10.7. The Morgan fingerprint density at radius 1 is 1.44 bits per heavy atom. The Morgan fingerprint density at radius 3 is 2.75 bits per heavy atom. The molecule has 0 saturated heterocycles. The standard InChI is InChI=1S/C12H12ClO2S/c1-8-9-5-3-4-6-10(9)16(7-13)11(8)12(14)15-2/h3-6H,7H2,1-2H3/q+1. The lowest BCUT2D eigenvalue weighted by atomic mass is 10.1. The van der Waals surface area contributed by atoms with Crippen molar-refractivity contribution in [2.45, 2.75) is 12.1 Å². The minimum atomic E-state index is -0.337. The molecule has 2 rings (SSSR count). The van der Waals surface area contributed by atoms with Gasteiger partial charge in [0.1, 0.15) is 0 Å². The van der Waals surface area contributed by atoms with Crippen molar-refractivity contribution < 1.29 is 9.53 Å². The summed E-state index contributed by atoms with van der Waals surface area (Å²) in [4.78, 5) is 12.5. The summed E-state index contributed by atoms with van der Waals surface area (Å²) in [6.07, 6.45) is 0. The Balaban J connectivity index is 2.81. The Bertz CT molecular complexity index is 545. The number of carbonyl (C=O) groups is 1.